The Kier molecular flexibility index (Phi) is 14.0. The van der Waals surface area contributed by atoms with Gasteiger partial charge in [0.2, 0.25) is 0 Å². The third-order valence-electron chi connectivity index (χ3n) is 6.06. The van der Waals surface area contributed by atoms with Crippen molar-refractivity contribution < 1.29 is 48.0 Å². The Morgan fingerprint density at radius 2 is 1.44 bits per heavy atom. The van der Waals surface area contributed by atoms with Crippen molar-refractivity contribution in [2.45, 2.75) is 104 Å². The molecule has 2 rings (SSSR count). The Morgan fingerprint density at radius 1 is 0.875 bits per heavy atom. The van der Waals surface area contributed by atoms with Gasteiger partial charge in [-0.3, -0.25) is 4.98 Å². The number of methoxy groups -OCH3 is 1. The van der Waals surface area contributed by atoms with Crippen LogP contribution < -0.4 is 10.1 Å². The smallest absolute Gasteiger partial charge is 0.420 e. The van der Waals surface area contributed by atoms with Crippen molar-refractivity contribution in [2.75, 3.05) is 13.7 Å². The van der Waals surface area contributed by atoms with Crippen molar-refractivity contribution in [1.29, 1.82) is 0 Å². The fraction of sp³-hybridized carbons (Fsp3) is 0.514. The summed E-state index contributed by atoms with van der Waals surface area (Å²) in [5.74, 6) is -0.684. The van der Waals surface area contributed by atoms with Crippen molar-refractivity contribution in [2.24, 2.45) is 0 Å². The van der Waals surface area contributed by atoms with Crippen LogP contribution in [0.25, 0.3) is 6.08 Å². The number of nitrogens with one attached hydrogen (secondary N) is 1. The van der Waals surface area contributed by atoms with Crippen LogP contribution in [0.3, 0.4) is 0 Å². The van der Waals surface area contributed by atoms with Gasteiger partial charge in [-0.25, -0.2) is 19.2 Å². The molecule has 1 heterocycles. The first kappa shape index (κ1) is 39.5. The number of alkyl carbamates (subject to hydrolysis) is 1. The molecule has 48 heavy (non-hydrogen) atoms. The average molecular weight is 672 g/mol. The molecule has 0 aliphatic rings. The van der Waals surface area contributed by atoms with Gasteiger partial charge in [0.1, 0.15) is 35.2 Å². The zero-order chi connectivity index (χ0) is 36.3. The molecule has 0 spiro atoms. The van der Waals surface area contributed by atoms with Gasteiger partial charge in [0.15, 0.2) is 0 Å². The number of aliphatic hydroxyl groups is 1. The Hall–Kier alpha value is -4.65. The average Bonchev–Trinajstić information content (AvgIpc) is 2.95. The molecule has 2 atom stereocenters. The summed E-state index contributed by atoms with van der Waals surface area (Å²) in [6, 6.07) is 6.89. The number of nitrogens with zero attached hydrogens (tertiary/aromatic N) is 2. The highest BCUT2D eigenvalue weighted by Gasteiger charge is 2.41. The summed E-state index contributed by atoms with van der Waals surface area (Å²) in [6.07, 6.45) is 2.72. The number of pyridine rings is 1. The molecule has 0 saturated carbocycles. The van der Waals surface area contributed by atoms with Crippen molar-refractivity contribution in [3.05, 3.63) is 65.5 Å². The van der Waals surface area contributed by atoms with Gasteiger partial charge >= 0.3 is 24.2 Å². The number of hydrogen-bond acceptors (Lipinski definition) is 11. The lowest BCUT2D eigenvalue weighted by Crippen LogP contribution is -2.53. The lowest BCUT2D eigenvalue weighted by Gasteiger charge is -2.32. The molecule has 0 saturated heterocycles. The molecular weight excluding hydrogens is 622 g/mol. The molecule has 0 bridgehead atoms. The van der Waals surface area contributed by atoms with E-state index in [1.165, 1.54) is 18.5 Å². The van der Waals surface area contributed by atoms with E-state index < -0.39 is 59.7 Å². The van der Waals surface area contributed by atoms with E-state index in [9.17, 15) is 24.3 Å². The quantitative estimate of drug-likeness (QED) is 0.219. The van der Waals surface area contributed by atoms with Crippen LogP contribution in [0.2, 0.25) is 0 Å². The fourth-order valence-electron chi connectivity index (χ4n) is 4.10. The summed E-state index contributed by atoms with van der Waals surface area (Å²) in [6.45, 7) is 14.5. The SMILES string of the molecule is COC(=O)[C@H](Cc1c(C=C[C@H](CO)NC(=O)OC(C)(C)C)cncc1OCc1ccccc1)N(C(=O)OC(C)(C)C)C(=O)OC(C)(C)C. The summed E-state index contributed by atoms with van der Waals surface area (Å²) in [5, 5.41) is 12.6. The number of ether oxygens (including phenoxy) is 5. The molecular formula is C35H49N3O10. The standard InChI is InChI=1S/C35H49N3O10/c1-33(2,3)46-30(41)37-25(21-39)17-16-24-19-36-20-28(45-22-23-14-12-11-13-15-23)26(24)18-27(29(40)44-10)38(31(42)47-34(4,5)6)32(43)48-35(7,8)9/h11-17,19-20,25,27,39H,18,21-22H2,1-10H3,(H,37,41)/t25-,27+/m1/s1. The highest BCUT2D eigenvalue weighted by atomic mass is 16.6. The minimum atomic E-state index is -1.57. The number of amides is 3. The third kappa shape index (κ3) is 13.6. The molecule has 2 aromatic rings. The Morgan fingerprint density at radius 3 is 1.94 bits per heavy atom. The van der Waals surface area contributed by atoms with Crippen LogP contribution in [0.5, 0.6) is 5.75 Å². The first-order valence-electron chi connectivity index (χ1n) is 15.5. The zero-order valence-corrected chi connectivity index (χ0v) is 29.5. The van der Waals surface area contributed by atoms with Crippen molar-refractivity contribution in [3.8, 4) is 5.75 Å². The number of imide groups is 1. The predicted molar refractivity (Wildman–Crippen MR) is 178 cm³/mol. The van der Waals surface area contributed by atoms with Gasteiger partial charge in [0.05, 0.1) is 26.0 Å². The van der Waals surface area contributed by atoms with Crippen LogP contribution in [0, 0.1) is 0 Å². The molecule has 1 aromatic carbocycles. The summed E-state index contributed by atoms with van der Waals surface area (Å²) >= 11 is 0. The van der Waals surface area contributed by atoms with Gasteiger partial charge in [-0.2, -0.15) is 4.90 Å². The molecule has 13 heteroatoms. The zero-order valence-electron chi connectivity index (χ0n) is 29.5. The highest BCUT2D eigenvalue weighted by Crippen LogP contribution is 2.28. The molecule has 1 aromatic heterocycles. The molecule has 264 valence electrons. The molecule has 0 aliphatic carbocycles. The Bertz CT molecular complexity index is 1390. The van der Waals surface area contributed by atoms with E-state index >= 15 is 0 Å². The fourth-order valence-corrected chi connectivity index (χ4v) is 4.10. The van der Waals surface area contributed by atoms with E-state index in [1.807, 2.05) is 30.3 Å². The number of carbonyl (C=O) groups excluding carboxylic acids is 4. The van der Waals surface area contributed by atoms with E-state index in [4.69, 9.17) is 23.7 Å². The monoisotopic (exact) mass is 671 g/mol. The maximum Gasteiger partial charge on any atom is 0.420 e. The van der Waals surface area contributed by atoms with Crippen LogP contribution in [-0.2, 0) is 36.8 Å². The molecule has 0 unspecified atom stereocenters. The Labute approximate surface area is 282 Å². The van der Waals surface area contributed by atoms with Crippen LogP contribution in [0.15, 0.2) is 48.8 Å². The number of benzene rings is 1. The summed E-state index contributed by atoms with van der Waals surface area (Å²) in [7, 11) is 1.13. The van der Waals surface area contributed by atoms with E-state index in [0.717, 1.165) is 12.7 Å². The van der Waals surface area contributed by atoms with E-state index in [0.29, 0.717) is 16.0 Å². The minimum absolute atomic E-state index is 0.132. The summed E-state index contributed by atoms with van der Waals surface area (Å²) in [5.41, 5.74) is -1.20. The predicted octanol–water partition coefficient (Wildman–Crippen LogP) is 5.82. The molecule has 13 nitrogen and oxygen atoms in total. The van der Waals surface area contributed by atoms with E-state index in [1.54, 1.807) is 68.4 Å². The largest absolute Gasteiger partial charge is 0.487 e. The number of esters is 1. The number of hydrogen-bond donors (Lipinski definition) is 2. The first-order chi connectivity index (χ1) is 22.2. The summed E-state index contributed by atoms with van der Waals surface area (Å²) in [4.78, 5) is 57.7. The van der Waals surface area contributed by atoms with Crippen molar-refractivity contribution in [1.82, 2.24) is 15.2 Å². The van der Waals surface area contributed by atoms with Crippen LogP contribution in [0.4, 0.5) is 14.4 Å². The van der Waals surface area contributed by atoms with Gasteiger partial charge in [-0.05, 0) is 73.4 Å². The maximum absolute atomic E-state index is 13.5. The van der Waals surface area contributed by atoms with Crippen LogP contribution >= 0.6 is 0 Å². The molecule has 0 radical (unpaired) electrons. The van der Waals surface area contributed by atoms with Crippen molar-refractivity contribution in [3.63, 3.8) is 0 Å². The van der Waals surface area contributed by atoms with Gasteiger partial charge < -0.3 is 34.1 Å². The van der Waals surface area contributed by atoms with Crippen LogP contribution in [-0.4, -0.2) is 81.8 Å². The second-order valence-electron chi connectivity index (χ2n) is 13.8. The first-order valence-corrected chi connectivity index (χ1v) is 15.5. The third-order valence-corrected chi connectivity index (χ3v) is 6.06. The molecule has 2 N–H and O–H groups in total. The van der Waals surface area contributed by atoms with Gasteiger partial charge in [-0.1, -0.05) is 42.5 Å². The van der Waals surface area contributed by atoms with Gasteiger partial charge in [0, 0.05) is 18.2 Å². The van der Waals surface area contributed by atoms with Gasteiger partial charge in [-0.15, -0.1) is 0 Å². The number of carbonyl (C=O) groups is 4. The van der Waals surface area contributed by atoms with Crippen molar-refractivity contribution >= 4 is 30.3 Å². The lowest BCUT2D eigenvalue weighted by atomic mass is 9.99. The lowest BCUT2D eigenvalue weighted by molar-refractivity contribution is -0.146. The molecule has 3 amide bonds. The minimum Gasteiger partial charge on any atom is -0.487 e. The number of aliphatic hydroxyl groups excluding tert-OH is 1. The van der Waals surface area contributed by atoms with Gasteiger partial charge in [0.25, 0.3) is 0 Å². The highest BCUT2D eigenvalue weighted by molar-refractivity contribution is 5.94. The normalized spacial score (nSPS) is 13.2. The maximum atomic E-state index is 13.5. The topological polar surface area (TPSA) is 163 Å². The van der Waals surface area contributed by atoms with Crippen LogP contribution in [0.1, 0.15) is 79.0 Å². The van der Waals surface area contributed by atoms with E-state index in [2.05, 4.69) is 10.3 Å². The second-order valence-corrected chi connectivity index (χ2v) is 13.8. The summed E-state index contributed by atoms with van der Waals surface area (Å²) < 4.78 is 27.6. The second kappa shape index (κ2) is 17.0. The Balaban J connectivity index is 2.67. The number of rotatable bonds is 11. The number of aromatic nitrogens is 1. The molecule has 0 aliphatic heterocycles. The molecule has 0 fully saturated rings. The van der Waals surface area contributed by atoms with E-state index in [-0.39, 0.29) is 18.8 Å².